The predicted octanol–water partition coefficient (Wildman–Crippen LogP) is 2.38. The number of nitrogen functional groups attached to an aromatic ring is 1. The third-order valence-electron chi connectivity index (χ3n) is 2.33. The second-order valence-corrected chi connectivity index (χ2v) is 3.36. The van der Waals surface area contributed by atoms with E-state index in [1.807, 2.05) is 0 Å². The van der Waals surface area contributed by atoms with Crippen LogP contribution in [0.4, 0.5) is 15.8 Å². The minimum Gasteiger partial charge on any atom is -0.393 e. The highest BCUT2D eigenvalue weighted by molar-refractivity contribution is 5.81. The van der Waals surface area contributed by atoms with Gasteiger partial charge in [-0.25, -0.2) is 4.39 Å². The number of nitro groups is 1. The molecule has 0 bridgehead atoms. The Bertz CT molecular complexity index is 587. The largest absolute Gasteiger partial charge is 0.393 e. The second kappa shape index (κ2) is 4.17. The zero-order chi connectivity index (χ0) is 12.4. The van der Waals surface area contributed by atoms with Gasteiger partial charge in [-0.2, -0.15) is 0 Å². The molecule has 1 heterocycles. The zero-order valence-corrected chi connectivity index (χ0v) is 8.63. The maximum atomic E-state index is 13.5. The molecule has 0 saturated carbocycles. The van der Waals surface area contributed by atoms with Gasteiger partial charge in [-0.3, -0.25) is 15.1 Å². The molecule has 0 aliphatic rings. The molecular formula is C11H8FN3O2. The maximum absolute atomic E-state index is 13.5. The van der Waals surface area contributed by atoms with E-state index in [9.17, 15) is 14.5 Å². The van der Waals surface area contributed by atoms with Gasteiger partial charge in [0.15, 0.2) is 0 Å². The SMILES string of the molecule is Nc1c(-c2ccccc2F)cncc1[N+](=O)[O-]. The van der Waals surface area contributed by atoms with Gasteiger partial charge in [0.1, 0.15) is 17.7 Å². The van der Waals surface area contributed by atoms with Gasteiger partial charge < -0.3 is 5.73 Å². The molecule has 0 saturated heterocycles. The lowest BCUT2D eigenvalue weighted by Crippen LogP contribution is -1.99. The van der Waals surface area contributed by atoms with Crippen LogP contribution in [0, 0.1) is 15.9 Å². The van der Waals surface area contributed by atoms with Crippen LogP contribution in [-0.4, -0.2) is 9.91 Å². The number of rotatable bonds is 2. The standard InChI is InChI=1S/C11H8FN3O2/c12-9-4-2-1-3-7(9)8-5-14-6-10(11(8)13)15(16)17/h1-6H,(H2,13,14). The zero-order valence-electron chi connectivity index (χ0n) is 8.63. The molecule has 1 aromatic heterocycles. The van der Waals surface area contributed by atoms with Crippen molar-refractivity contribution in [3.63, 3.8) is 0 Å². The van der Waals surface area contributed by atoms with Gasteiger partial charge in [0.2, 0.25) is 0 Å². The summed E-state index contributed by atoms with van der Waals surface area (Å²) in [6.45, 7) is 0. The summed E-state index contributed by atoms with van der Waals surface area (Å²) in [5.41, 5.74) is 5.64. The van der Waals surface area contributed by atoms with Crippen molar-refractivity contribution in [2.24, 2.45) is 0 Å². The number of aromatic nitrogens is 1. The Morgan fingerprint density at radius 3 is 2.59 bits per heavy atom. The molecule has 17 heavy (non-hydrogen) atoms. The van der Waals surface area contributed by atoms with E-state index < -0.39 is 10.7 Å². The van der Waals surface area contributed by atoms with E-state index in [4.69, 9.17) is 5.73 Å². The number of nitrogens with two attached hydrogens (primary N) is 1. The van der Waals surface area contributed by atoms with Crippen molar-refractivity contribution in [2.75, 3.05) is 5.73 Å². The highest BCUT2D eigenvalue weighted by Crippen LogP contribution is 2.32. The van der Waals surface area contributed by atoms with Gasteiger partial charge >= 0.3 is 5.69 Å². The molecule has 0 aliphatic heterocycles. The monoisotopic (exact) mass is 233 g/mol. The number of hydrogen-bond donors (Lipinski definition) is 1. The minimum atomic E-state index is -0.646. The molecule has 0 fully saturated rings. The summed E-state index contributed by atoms with van der Waals surface area (Å²) >= 11 is 0. The molecule has 0 amide bonds. The Hall–Kier alpha value is -2.50. The van der Waals surface area contributed by atoms with Gasteiger partial charge in [0.05, 0.1) is 4.92 Å². The van der Waals surface area contributed by atoms with Crippen LogP contribution < -0.4 is 5.73 Å². The van der Waals surface area contributed by atoms with Crippen molar-refractivity contribution in [1.29, 1.82) is 0 Å². The normalized spacial score (nSPS) is 10.2. The molecule has 2 N–H and O–H groups in total. The summed E-state index contributed by atoms with van der Waals surface area (Å²) in [6, 6.07) is 5.90. The summed E-state index contributed by atoms with van der Waals surface area (Å²) in [5, 5.41) is 10.7. The summed E-state index contributed by atoms with van der Waals surface area (Å²) in [7, 11) is 0. The first kappa shape index (κ1) is 11.0. The molecule has 0 spiro atoms. The molecule has 86 valence electrons. The van der Waals surface area contributed by atoms with Crippen molar-refractivity contribution >= 4 is 11.4 Å². The summed E-state index contributed by atoms with van der Waals surface area (Å²) in [5.74, 6) is -0.499. The molecule has 1 aromatic carbocycles. The van der Waals surface area contributed by atoms with Gasteiger partial charge in [-0.15, -0.1) is 0 Å². The van der Waals surface area contributed by atoms with Crippen LogP contribution in [-0.2, 0) is 0 Å². The predicted molar refractivity (Wildman–Crippen MR) is 60.7 cm³/mol. The van der Waals surface area contributed by atoms with Crippen molar-refractivity contribution < 1.29 is 9.31 Å². The van der Waals surface area contributed by atoms with Gasteiger partial charge in [-0.05, 0) is 6.07 Å². The highest BCUT2D eigenvalue weighted by Gasteiger charge is 2.17. The average molecular weight is 233 g/mol. The Balaban J connectivity index is 2.65. The smallest absolute Gasteiger partial charge is 0.310 e. The number of benzene rings is 1. The number of nitrogens with zero attached hydrogens (tertiary/aromatic N) is 2. The topological polar surface area (TPSA) is 82.0 Å². The highest BCUT2D eigenvalue weighted by atomic mass is 19.1. The maximum Gasteiger partial charge on any atom is 0.310 e. The Kier molecular flexibility index (Phi) is 2.70. The molecule has 0 atom stereocenters. The first-order valence-corrected chi connectivity index (χ1v) is 4.74. The Morgan fingerprint density at radius 1 is 1.24 bits per heavy atom. The van der Waals surface area contributed by atoms with Crippen LogP contribution in [0.5, 0.6) is 0 Å². The Labute approximate surface area is 95.9 Å². The van der Waals surface area contributed by atoms with E-state index in [0.717, 1.165) is 6.20 Å². The van der Waals surface area contributed by atoms with Crippen LogP contribution in [0.2, 0.25) is 0 Å². The van der Waals surface area contributed by atoms with E-state index in [-0.39, 0.29) is 22.5 Å². The lowest BCUT2D eigenvalue weighted by atomic mass is 10.1. The van der Waals surface area contributed by atoms with E-state index >= 15 is 0 Å². The first-order valence-electron chi connectivity index (χ1n) is 4.74. The summed E-state index contributed by atoms with van der Waals surface area (Å²) in [6.07, 6.45) is 2.35. The fraction of sp³-hybridized carbons (Fsp3) is 0. The molecule has 0 unspecified atom stereocenters. The molecule has 2 rings (SSSR count). The van der Waals surface area contributed by atoms with Crippen LogP contribution in [0.25, 0.3) is 11.1 Å². The molecular weight excluding hydrogens is 225 g/mol. The quantitative estimate of drug-likeness (QED) is 0.637. The first-order chi connectivity index (χ1) is 8.11. The number of hydrogen-bond acceptors (Lipinski definition) is 4. The minimum absolute atomic E-state index is 0.0879. The van der Waals surface area contributed by atoms with Crippen LogP contribution in [0.1, 0.15) is 0 Å². The summed E-state index contributed by atoms with van der Waals surface area (Å²) in [4.78, 5) is 13.7. The number of pyridine rings is 1. The molecule has 2 aromatic rings. The van der Waals surface area contributed by atoms with Crippen LogP contribution >= 0.6 is 0 Å². The third kappa shape index (κ3) is 1.92. The van der Waals surface area contributed by atoms with Crippen molar-refractivity contribution in [3.05, 3.63) is 52.6 Å². The fourth-order valence-corrected chi connectivity index (χ4v) is 1.50. The molecule has 6 heteroatoms. The molecule has 0 aliphatic carbocycles. The van der Waals surface area contributed by atoms with Crippen LogP contribution in [0.3, 0.4) is 0 Å². The van der Waals surface area contributed by atoms with Gasteiger partial charge in [0, 0.05) is 17.3 Å². The molecule has 5 nitrogen and oxygen atoms in total. The van der Waals surface area contributed by atoms with Gasteiger partial charge in [0.25, 0.3) is 0 Å². The third-order valence-corrected chi connectivity index (χ3v) is 2.33. The molecule has 0 radical (unpaired) electrons. The van der Waals surface area contributed by atoms with E-state index in [2.05, 4.69) is 4.98 Å². The lowest BCUT2D eigenvalue weighted by Gasteiger charge is -2.06. The summed E-state index contributed by atoms with van der Waals surface area (Å²) < 4.78 is 13.5. The Morgan fingerprint density at radius 2 is 1.94 bits per heavy atom. The second-order valence-electron chi connectivity index (χ2n) is 3.36. The van der Waals surface area contributed by atoms with Crippen molar-refractivity contribution in [3.8, 4) is 11.1 Å². The van der Waals surface area contributed by atoms with Gasteiger partial charge in [-0.1, -0.05) is 18.2 Å². The van der Waals surface area contributed by atoms with Crippen LogP contribution in [0.15, 0.2) is 36.7 Å². The van der Waals surface area contributed by atoms with Crippen molar-refractivity contribution in [2.45, 2.75) is 0 Å². The average Bonchev–Trinajstić information content (AvgIpc) is 2.30. The van der Waals surface area contributed by atoms with Crippen molar-refractivity contribution in [1.82, 2.24) is 4.98 Å². The van der Waals surface area contributed by atoms with E-state index in [0.29, 0.717) is 0 Å². The fourth-order valence-electron chi connectivity index (χ4n) is 1.50. The number of anilines is 1. The van der Waals surface area contributed by atoms with E-state index in [1.54, 1.807) is 6.07 Å². The van der Waals surface area contributed by atoms with E-state index in [1.165, 1.54) is 24.4 Å². The lowest BCUT2D eigenvalue weighted by molar-refractivity contribution is -0.384. The number of halogens is 1.